The number of hydrogen-bond donors (Lipinski definition) is 2. The molecule has 23 heavy (non-hydrogen) atoms. The maximum atomic E-state index is 13.3. The molecule has 1 heterocycles. The lowest BCUT2D eigenvalue weighted by Crippen LogP contribution is -2.25. The van der Waals surface area contributed by atoms with Gasteiger partial charge in [0.05, 0.1) is 10.2 Å². The fourth-order valence-electron chi connectivity index (χ4n) is 2.28. The predicted octanol–water partition coefficient (Wildman–Crippen LogP) is 4.30. The number of carbonyl (C=O) groups is 1. The lowest BCUT2D eigenvalue weighted by molar-refractivity contribution is -0.137. The third-order valence-electron chi connectivity index (χ3n) is 3.57. The molecule has 0 saturated heterocycles. The molecule has 0 spiro atoms. The van der Waals surface area contributed by atoms with Crippen LogP contribution in [0.15, 0.2) is 36.4 Å². The summed E-state index contributed by atoms with van der Waals surface area (Å²) >= 11 is 1.43. The molecule has 0 aliphatic rings. The molecule has 3 rings (SSSR count). The Kier molecular flexibility index (Phi) is 4.00. The van der Waals surface area contributed by atoms with E-state index in [2.05, 4.69) is 10.3 Å². The maximum Gasteiger partial charge on any atom is 0.325 e. The van der Waals surface area contributed by atoms with Crippen LogP contribution >= 0.6 is 11.3 Å². The van der Waals surface area contributed by atoms with Crippen LogP contribution in [0, 0.1) is 12.7 Å². The van der Waals surface area contributed by atoms with Crippen LogP contribution in [0.1, 0.15) is 12.5 Å². The fraction of sp³-hybridized carbons (Fsp3) is 0.176. The van der Waals surface area contributed by atoms with E-state index in [0.717, 1.165) is 32.0 Å². The van der Waals surface area contributed by atoms with E-state index in [1.54, 1.807) is 13.0 Å². The van der Waals surface area contributed by atoms with E-state index in [9.17, 15) is 9.18 Å². The third kappa shape index (κ3) is 3.17. The molecule has 0 bridgehead atoms. The number of carboxylic acid groups (broad SMARTS) is 1. The first-order valence-corrected chi connectivity index (χ1v) is 7.92. The van der Waals surface area contributed by atoms with E-state index >= 15 is 0 Å². The van der Waals surface area contributed by atoms with Crippen LogP contribution in [0.25, 0.3) is 20.8 Å². The lowest BCUT2D eigenvalue weighted by atomic mass is 10.1. The van der Waals surface area contributed by atoms with E-state index in [1.165, 1.54) is 23.5 Å². The zero-order chi connectivity index (χ0) is 16.6. The van der Waals surface area contributed by atoms with Gasteiger partial charge in [-0.15, -0.1) is 11.3 Å². The Hall–Kier alpha value is -2.47. The van der Waals surface area contributed by atoms with Crippen LogP contribution in [-0.4, -0.2) is 22.1 Å². The summed E-state index contributed by atoms with van der Waals surface area (Å²) in [6, 6.07) is 9.57. The number of aliphatic carboxylic acids is 1. The number of rotatable bonds is 4. The van der Waals surface area contributed by atoms with Crippen molar-refractivity contribution < 1.29 is 14.3 Å². The number of nitrogens with zero attached hydrogens (tertiary/aromatic N) is 1. The number of carboxylic acids is 1. The van der Waals surface area contributed by atoms with Gasteiger partial charge in [0.25, 0.3) is 0 Å². The van der Waals surface area contributed by atoms with Crippen molar-refractivity contribution in [3.63, 3.8) is 0 Å². The van der Waals surface area contributed by atoms with Gasteiger partial charge < -0.3 is 10.4 Å². The third-order valence-corrected chi connectivity index (χ3v) is 4.63. The number of anilines is 1. The molecule has 2 N–H and O–H groups in total. The van der Waals surface area contributed by atoms with Gasteiger partial charge >= 0.3 is 5.97 Å². The normalized spacial score (nSPS) is 12.3. The minimum Gasteiger partial charge on any atom is -0.480 e. The van der Waals surface area contributed by atoms with Crippen molar-refractivity contribution in [3.8, 4) is 10.6 Å². The number of thiazole rings is 1. The first-order valence-electron chi connectivity index (χ1n) is 7.10. The van der Waals surface area contributed by atoms with Crippen molar-refractivity contribution in [2.45, 2.75) is 19.9 Å². The molecule has 0 aliphatic heterocycles. The quantitative estimate of drug-likeness (QED) is 0.749. The molecule has 6 heteroatoms. The zero-order valence-electron chi connectivity index (χ0n) is 12.6. The van der Waals surface area contributed by atoms with Gasteiger partial charge in [-0.3, -0.25) is 4.79 Å². The number of halogens is 1. The van der Waals surface area contributed by atoms with Crippen LogP contribution in [0.4, 0.5) is 10.1 Å². The van der Waals surface area contributed by atoms with E-state index in [4.69, 9.17) is 5.11 Å². The van der Waals surface area contributed by atoms with Gasteiger partial charge in [-0.25, -0.2) is 9.37 Å². The Labute approximate surface area is 136 Å². The van der Waals surface area contributed by atoms with Crippen LogP contribution in [0.3, 0.4) is 0 Å². The topological polar surface area (TPSA) is 62.2 Å². The predicted molar refractivity (Wildman–Crippen MR) is 90.5 cm³/mol. The second-order valence-electron chi connectivity index (χ2n) is 5.37. The van der Waals surface area contributed by atoms with Crippen molar-refractivity contribution in [2.24, 2.45) is 0 Å². The van der Waals surface area contributed by atoms with Crippen molar-refractivity contribution in [1.29, 1.82) is 0 Å². The molecule has 0 fully saturated rings. The number of nitrogens with one attached hydrogen (secondary N) is 1. The molecular weight excluding hydrogens is 315 g/mol. The molecule has 0 radical (unpaired) electrons. The van der Waals surface area contributed by atoms with Crippen molar-refractivity contribution in [1.82, 2.24) is 4.98 Å². The molecular formula is C17H15FN2O2S. The van der Waals surface area contributed by atoms with Gasteiger partial charge in [0.1, 0.15) is 16.9 Å². The molecule has 0 amide bonds. The Morgan fingerprint density at radius 3 is 2.78 bits per heavy atom. The van der Waals surface area contributed by atoms with Crippen molar-refractivity contribution in [3.05, 3.63) is 47.8 Å². The molecule has 1 atom stereocenters. The summed E-state index contributed by atoms with van der Waals surface area (Å²) in [6.45, 7) is 3.51. The summed E-state index contributed by atoms with van der Waals surface area (Å²) in [5.74, 6) is -1.17. The summed E-state index contributed by atoms with van der Waals surface area (Å²) in [7, 11) is 0. The Bertz CT molecular complexity index is 891. The average Bonchev–Trinajstić information content (AvgIpc) is 2.92. The number of fused-ring (bicyclic) bond motifs is 1. The van der Waals surface area contributed by atoms with E-state index in [0.29, 0.717) is 0 Å². The summed E-state index contributed by atoms with van der Waals surface area (Å²) in [6.07, 6.45) is 0. The van der Waals surface area contributed by atoms with E-state index in [-0.39, 0.29) is 5.82 Å². The molecule has 118 valence electrons. The second-order valence-corrected chi connectivity index (χ2v) is 6.40. The highest BCUT2D eigenvalue weighted by Gasteiger charge is 2.13. The molecule has 3 aromatic rings. The molecule has 1 aromatic heterocycles. The highest BCUT2D eigenvalue weighted by molar-refractivity contribution is 7.21. The maximum absolute atomic E-state index is 13.3. The first kappa shape index (κ1) is 15.4. The minimum absolute atomic E-state index is 0.272. The molecule has 1 unspecified atom stereocenters. The Morgan fingerprint density at radius 1 is 1.30 bits per heavy atom. The van der Waals surface area contributed by atoms with Crippen LogP contribution in [0.2, 0.25) is 0 Å². The summed E-state index contributed by atoms with van der Waals surface area (Å²) in [4.78, 5) is 15.5. The molecule has 2 aromatic carbocycles. The second kappa shape index (κ2) is 5.96. The number of aryl methyl sites for hydroxylation is 1. The standard InChI is InChI=1S/C17H15FN2O2S/c1-9-7-11(3-5-13(9)19-10(2)17(21)22)16-20-14-6-4-12(18)8-15(14)23-16/h3-8,10,19H,1-2H3,(H,21,22). The zero-order valence-corrected chi connectivity index (χ0v) is 13.4. The number of hydrogen-bond acceptors (Lipinski definition) is 4. The van der Waals surface area contributed by atoms with Gasteiger partial charge in [0.2, 0.25) is 0 Å². The SMILES string of the molecule is Cc1cc(-c2nc3ccc(F)cc3s2)ccc1NC(C)C(=O)O. The highest BCUT2D eigenvalue weighted by atomic mass is 32.1. The largest absolute Gasteiger partial charge is 0.480 e. The van der Waals surface area contributed by atoms with Crippen LogP contribution < -0.4 is 5.32 Å². The lowest BCUT2D eigenvalue weighted by Gasteiger charge is -2.13. The monoisotopic (exact) mass is 330 g/mol. The Balaban J connectivity index is 1.93. The molecule has 0 aliphatic carbocycles. The van der Waals surface area contributed by atoms with Crippen molar-refractivity contribution in [2.75, 3.05) is 5.32 Å². The van der Waals surface area contributed by atoms with E-state index < -0.39 is 12.0 Å². The summed E-state index contributed by atoms with van der Waals surface area (Å²) < 4.78 is 14.1. The van der Waals surface area contributed by atoms with Crippen LogP contribution in [0.5, 0.6) is 0 Å². The first-order chi connectivity index (χ1) is 10.9. The molecule has 4 nitrogen and oxygen atoms in total. The number of benzene rings is 2. The summed E-state index contributed by atoms with van der Waals surface area (Å²) in [5, 5.41) is 12.7. The van der Waals surface area contributed by atoms with E-state index in [1.807, 2.05) is 25.1 Å². The van der Waals surface area contributed by atoms with Gasteiger partial charge in [-0.1, -0.05) is 0 Å². The van der Waals surface area contributed by atoms with Gasteiger partial charge in [0, 0.05) is 11.3 Å². The fourth-order valence-corrected chi connectivity index (χ4v) is 3.26. The minimum atomic E-state index is -0.901. The average molecular weight is 330 g/mol. The van der Waals surface area contributed by atoms with Crippen LogP contribution in [-0.2, 0) is 4.79 Å². The highest BCUT2D eigenvalue weighted by Crippen LogP contribution is 2.32. The van der Waals surface area contributed by atoms with Gasteiger partial charge in [-0.2, -0.15) is 0 Å². The summed E-state index contributed by atoms with van der Waals surface area (Å²) in [5.41, 5.74) is 3.40. The van der Waals surface area contributed by atoms with Gasteiger partial charge in [-0.05, 0) is 55.8 Å². The van der Waals surface area contributed by atoms with Crippen molar-refractivity contribution >= 4 is 33.2 Å². The Morgan fingerprint density at radius 2 is 2.09 bits per heavy atom. The smallest absolute Gasteiger partial charge is 0.325 e. The van der Waals surface area contributed by atoms with Gasteiger partial charge in [0.15, 0.2) is 0 Å². The molecule has 0 saturated carbocycles. The number of aromatic nitrogens is 1.